The molecular formula is C22H32N4O2. The SMILES string of the molecule is O=C(NCC1CCCN2CCCCC12)C1CC(c2ccc3c(c2)CCO3)NN1. The van der Waals surface area contributed by atoms with Crippen LogP contribution in [0.4, 0.5) is 0 Å². The van der Waals surface area contributed by atoms with Crippen molar-refractivity contribution in [3.8, 4) is 5.75 Å². The van der Waals surface area contributed by atoms with Gasteiger partial charge in [0.05, 0.1) is 6.61 Å². The highest BCUT2D eigenvalue weighted by atomic mass is 16.5. The number of hydrogen-bond donors (Lipinski definition) is 3. The van der Waals surface area contributed by atoms with E-state index in [9.17, 15) is 4.79 Å². The second-order valence-corrected chi connectivity index (χ2v) is 8.84. The fourth-order valence-corrected chi connectivity index (χ4v) is 5.54. The topological polar surface area (TPSA) is 65.6 Å². The van der Waals surface area contributed by atoms with Crippen molar-refractivity contribution in [3.05, 3.63) is 29.3 Å². The molecule has 4 aliphatic heterocycles. The summed E-state index contributed by atoms with van der Waals surface area (Å²) in [6.45, 7) is 4.09. The van der Waals surface area contributed by atoms with E-state index >= 15 is 0 Å². The molecule has 0 radical (unpaired) electrons. The summed E-state index contributed by atoms with van der Waals surface area (Å²) in [6, 6.07) is 7.08. The molecule has 6 heteroatoms. The minimum atomic E-state index is -0.166. The number of carbonyl (C=O) groups is 1. The quantitative estimate of drug-likeness (QED) is 0.740. The third-order valence-corrected chi connectivity index (χ3v) is 7.10. The van der Waals surface area contributed by atoms with Crippen molar-refractivity contribution in [2.75, 3.05) is 26.2 Å². The van der Waals surface area contributed by atoms with Gasteiger partial charge in [-0.25, -0.2) is 10.9 Å². The van der Waals surface area contributed by atoms with Crippen LogP contribution in [0, 0.1) is 5.92 Å². The molecule has 4 atom stereocenters. The lowest BCUT2D eigenvalue weighted by Crippen LogP contribution is -2.52. The second kappa shape index (κ2) is 8.01. The lowest BCUT2D eigenvalue weighted by Gasteiger charge is -2.44. The largest absolute Gasteiger partial charge is 0.493 e. The Morgan fingerprint density at radius 3 is 3.07 bits per heavy atom. The number of amides is 1. The van der Waals surface area contributed by atoms with Crippen LogP contribution in [0.1, 0.15) is 55.7 Å². The molecule has 28 heavy (non-hydrogen) atoms. The second-order valence-electron chi connectivity index (χ2n) is 8.84. The molecule has 3 N–H and O–H groups in total. The molecule has 1 aromatic carbocycles. The van der Waals surface area contributed by atoms with Crippen LogP contribution in [-0.4, -0.2) is 49.1 Å². The molecule has 1 aromatic rings. The summed E-state index contributed by atoms with van der Waals surface area (Å²) in [5, 5.41) is 3.25. The molecule has 0 bridgehead atoms. The van der Waals surface area contributed by atoms with Crippen LogP contribution in [-0.2, 0) is 11.2 Å². The van der Waals surface area contributed by atoms with Gasteiger partial charge in [0.25, 0.3) is 0 Å². The fraction of sp³-hybridized carbons (Fsp3) is 0.682. The number of nitrogens with one attached hydrogen (secondary N) is 3. The average Bonchev–Trinajstić information content (AvgIpc) is 3.41. The Bertz CT molecular complexity index is 722. The van der Waals surface area contributed by atoms with Gasteiger partial charge < -0.3 is 15.0 Å². The summed E-state index contributed by atoms with van der Waals surface area (Å²) >= 11 is 0. The van der Waals surface area contributed by atoms with Crippen LogP contribution in [0.5, 0.6) is 5.75 Å². The van der Waals surface area contributed by atoms with Crippen molar-refractivity contribution in [1.82, 2.24) is 21.1 Å². The van der Waals surface area contributed by atoms with Crippen molar-refractivity contribution in [2.24, 2.45) is 5.92 Å². The van der Waals surface area contributed by atoms with Gasteiger partial charge in [0.2, 0.25) is 5.91 Å². The number of hydrazine groups is 1. The van der Waals surface area contributed by atoms with Gasteiger partial charge >= 0.3 is 0 Å². The number of fused-ring (bicyclic) bond motifs is 2. The monoisotopic (exact) mass is 384 g/mol. The van der Waals surface area contributed by atoms with Gasteiger partial charge in [-0.15, -0.1) is 0 Å². The van der Waals surface area contributed by atoms with Crippen molar-refractivity contribution in [1.29, 1.82) is 0 Å². The normalized spacial score (nSPS) is 32.4. The lowest BCUT2D eigenvalue weighted by molar-refractivity contribution is -0.123. The molecule has 0 saturated carbocycles. The first-order valence-corrected chi connectivity index (χ1v) is 11.1. The fourth-order valence-electron chi connectivity index (χ4n) is 5.54. The number of rotatable bonds is 4. The number of benzene rings is 1. The van der Waals surface area contributed by atoms with E-state index in [4.69, 9.17) is 4.74 Å². The minimum Gasteiger partial charge on any atom is -0.493 e. The Kier molecular flexibility index (Phi) is 5.26. The number of piperidine rings is 2. The summed E-state index contributed by atoms with van der Waals surface area (Å²) in [7, 11) is 0. The third kappa shape index (κ3) is 3.65. The zero-order valence-electron chi connectivity index (χ0n) is 16.6. The molecule has 3 fully saturated rings. The number of carbonyl (C=O) groups excluding carboxylic acids is 1. The summed E-state index contributed by atoms with van der Waals surface area (Å²) < 4.78 is 5.60. The number of nitrogens with zero attached hydrogens (tertiary/aromatic N) is 1. The van der Waals surface area contributed by atoms with Crippen LogP contribution in [0.25, 0.3) is 0 Å². The Morgan fingerprint density at radius 2 is 2.11 bits per heavy atom. The zero-order valence-corrected chi connectivity index (χ0v) is 16.6. The van der Waals surface area contributed by atoms with E-state index < -0.39 is 0 Å². The third-order valence-electron chi connectivity index (χ3n) is 7.10. The van der Waals surface area contributed by atoms with Gasteiger partial charge in [-0.1, -0.05) is 18.6 Å². The molecule has 5 rings (SSSR count). The summed E-state index contributed by atoms with van der Waals surface area (Å²) in [5.41, 5.74) is 9.04. The molecule has 3 saturated heterocycles. The smallest absolute Gasteiger partial charge is 0.238 e. The molecule has 6 nitrogen and oxygen atoms in total. The maximum Gasteiger partial charge on any atom is 0.238 e. The average molecular weight is 385 g/mol. The highest BCUT2D eigenvalue weighted by Gasteiger charge is 2.35. The maximum atomic E-state index is 12.8. The lowest BCUT2D eigenvalue weighted by atomic mass is 9.83. The zero-order chi connectivity index (χ0) is 18.9. The summed E-state index contributed by atoms with van der Waals surface area (Å²) in [4.78, 5) is 15.4. The Labute approximate surface area is 167 Å². The first kappa shape index (κ1) is 18.4. The van der Waals surface area contributed by atoms with Gasteiger partial charge in [-0.2, -0.15) is 0 Å². The number of ether oxygens (including phenoxy) is 1. The van der Waals surface area contributed by atoms with Crippen LogP contribution >= 0.6 is 0 Å². The van der Waals surface area contributed by atoms with E-state index in [1.807, 2.05) is 0 Å². The molecule has 4 aliphatic rings. The first-order chi connectivity index (χ1) is 13.8. The van der Waals surface area contributed by atoms with Crippen molar-refractivity contribution < 1.29 is 9.53 Å². The molecule has 0 aliphatic carbocycles. The van der Waals surface area contributed by atoms with E-state index in [2.05, 4.69) is 39.3 Å². The van der Waals surface area contributed by atoms with Gasteiger partial charge in [-0.05, 0) is 68.3 Å². The van der Waals surface area contributed by atoms with E-state index in [-0.39, 0.29) is 18.0 Å². The molecule has 1 amide bonds. The first-order valence-electron chi connectivity index (χ1n) is 11.1. The molecule has 0 aromatic heterocycles. The Morgan fingerprint density at radius 1 is 1.18 bits per heavy atom. The molecule has 152 valence electrons. The minimum absolute atomic E-state index is 0.132. The standard InChI is InChI=1S/C22H32N4O2/c27-22(23-14-17-4-3-10-26-9-2-1-5-20(17)26)19-13-18(24-25-19)15-6-7-21-16(12-15)8-11-28-21/h6-7,12,17-20,24-25H,1-5,8-11,13-14H2,(H,23,27). The van der Waals surface area contributed by atoms with E-state index in [1.54, 1.807) is 0 Å². The Hall–Kier alpha value is -1.63. The molecule has 4 heterocycles. The summed E-state index contributed by atoms with van der Waals surface area (Å²) in [5.74, 6) is 1.75. The van der Waals surface area contributed by atoms with Crippen molar-refractivity contribution in [3.63, 3.8) is 0 Å². The predicted molar refractivity (Wildman–Crippen MR) is 108 cm³/mol. The maximum absolute atomic E-state index is 12.8. The van der Waals surface area contributed by atoms with Crippen LogP contribution < -0.4 is 20.9 Å². The van der Waals surface area contributed by atoms with Crippen LogP contribution in [0.2, 0.25) is 0 Å². The summed E-state index contributed by atoms with van der Waals surface area (Å²) in [6.07, 6.45) is 8.26. The van der Waals surface area contributed by atoms with E-state index in [0.29, 0.717) is 12.0 Å². The van der Waals surface area contributed by atoms with Gasteiger partial charge in [0.15, 0.2) is 0 Å². The van der Waals surface area contributed by atoms with Crippen LogP contribution in [0.15, 0.2) is 18.2 Å². The van der Waals surface area contributed by atoms with Gasteiger partial charge in [0.1, 0.15) is 11.8 Å². The van der Waals surface area contributed by atoms with Gasteiger partial charge in [0, 0.05) is 25.0 Å². The highest BCUT2D eigenvalue weighted by Crippen LogP contribution is 2.32. The molecule has 0 spiro atoms. The van der Waals surface area contributed by atoms with Crippen LogP contribution in [0.3, 0.4) is 0 Å². The Balaban J connectivity index is 1.14. The molecular weight excluding hydrogens is 352 g/mol. The van der Waals surface area contributed by atoms with E-state index in [0.717, 1.165) is 31.7 Å². The van der Waals surface area contributed by atoms with E-state index in [1.165, 1.54) is 56.3 Å². The van der Waals surface area contributed by atoms with Crippen molar-refractivity contribution >= 4 is 5.91 Å². The molecule has 4 unspecified atom stereocenters. The predicted octanol–water partition coefficient (Wildman–Crippen LogP) is 1.91. The van der Waals surface area contributed by atoms with Crippen molar-refractivity contribution in [2.45, 2.75) is 63.1 Å². The van der Waals surface area contributed by atoms with Gasteiger partial charge in [-0.3, -0.25) is 4.79 Å². The highest BCUT2D eigenvalue weighted by molar-refractivity contribution is 5.82. The number of hydrogen-bond acceptors (Lipinski definition) is 5.